The molecule has 2 aromatic carbocycles. The Morgan fingerprint density at radius 3 is 2.70 bits per heavy atom. The first-order valence-electron chi connectivity index (χ1n) is 10.1. The van der Waals surface area contributed by atoms with Crippen LogP contribution in [0.25, 0.3) is 27.2 Å². The van der Waals surface area contributed by atoms with Gasteiger partial charge in [0.2, 0.25) is 0 Å². The SMILES string of the molecule is COc1ccc2c(COC(=O)c3cn(-c4ccccc4)nc3-c3cccs3)cc(=O)oc2c1. The van der Waals surface area contributed by atoms with Gasteiger partial charge in [-0.05, 0) is 35.7 Å². The molecule has 0 spiro atoms. The molecule has 0 aliphatic heterocycles. The van der Waals surface area contributed by atoms with E-state index in [2.05, 4.69) is 5.10 Å². The first kappa shape index (κ1) is 20.7. The van der Waals surface area contributed by atoms with Crippen LogP contribution in [0.1, 0.15) is 15.9 Å². The van der Waals surface area contributed by atoms with Crippen molar-refractivity contribution < 1.29 is 18.7 Å². The van der Waals surface area contributed by atoms with Crippen LogP contribution in [0, 0.1) is 0 Å². The van der Waals surface area contributed by atoms with E-state index in [9.17, 15) is 9.59 Å². The zero-order valence-corrected chi connectivity index (χ0v) is 18.4. The molecular weight excluding hydrogens is 440 g/mol. The fourth-order valence-electron chi connectivity index (χ4n) is 3.51. The highest BCUT2D eigenvalue weighted by atomic mass is 32.1. The van der Waals surface area contributed by atoms with Crippen LogP contribution < -0.4 is 10.4 Å². The van der Waals surface area contributed by atoms with Crippen molar-refractivity contribution >= 4 is 28.3 Å². The number of aromatic nitrogens is 2. The first-order valence-corrected chi connectivity index (χ1v) is 11.0. The number of rotatable bonds is 6. The highest BCUT2D eigenvalue weighted by molar-refractivity contribution is 7.13. The quantitative estimate of drug-likeness (QED) is 0.261. The number of hydrogen-bond donors (Lipinski definition) is 0. The van der Waals surface area contributed by atoms with E-state index in [0.29, 0.717) is 33.5 Å². The number of ether oxygens (including phenoxy) is 2. The van der Waals surface area contributed by atoms with Crippen LogP contribution in [-0.4, -0.2) is 22.9 Å². The lowest BCUT2D eigenvalue weighted by molar-refractivity contribution is 0.0474. The summed E-state index contributed by atoms with van der Waals surface area (Å²) in [6.07, 6.45) is 1.66. The number of carbonyl (C=O) groups is 1. The molecule has 3 aromatic heterocycles. The van der Waals surface area contributed by atoms with Crippen molar-refractivity contribution in [1.82, 2.24) is 9.78 Å². The summed E-state index contributed by atoms with van der Waals surface area (Å²) in [5, 5.41) is 7.22. The Morgan fingerprint density at radius 1 is 1.09 bits per heavy atom. The van der Waals surface area contributed by atoms with Crippen molar-refractivity contribution in [3.63, 3.8) is 0 Å². The number of nitrogens with zero attached hydrogens (tertiary/aromatic N) is 2. The Labute approximate surface area is 192 Å². The van der Waals surface area contributed by atoms with Crippen LogP contribution in [0.5, 0.6) is 5.75 Å². The molecular formula is C25H18N2O5S. The van der Waals surface area contributed by atoms with E-state index >= 15 is 0 Å². The monoisotopic (exact) mass is 458 g/mol. The van der Waals surface area contributed by atoms with Gasteiger partial charge in [-0.2, -0.15) is 5.10 Å². The minimum absolute atomic E-state index is 0.0896. The molecule has 5 aromatic rings. The minimum Gasteiger partial charge on any atom is -0.497 e. The largest absolute Gasteiger partial charge is 0.497 e. The summed E-state index contributed by atoms with van der Waals surface area (Å²) in [6, 6.07) is 19.8. The molecule has 0 saturated carbocycles. The number of hydrogen-bond acceptors (Lipinski definition) is 7. The molecule has 164 valence electrons. The maximum Gasteiger partial charge on any atom is 0.342 e. The summed E-state index contributed by atoms with van der Waals surface area (Å²) in [7, 11) is 1.53. The van der Waals surface area contributed by atoms with Crippen LogP contribution in [0.2, 0.25) is 0 Å². The third-order valence-corrected chi connectivity index (χ3v) is 5.98. The molecule has 0 radical (unpaired) electrons. The van der Waals surface area contributed by atoms with E-state index in [1.54, 1.807) is 29.1 Å². The number of para-hydroxylation sites is 1. The van der Waals surface area contributed by atoms with E-state index in [1.165, 1.54) is 24.5 Å². The summed E-state index contributed by atoms with van der Waals surface area (Å²) in [5.74, 6) is 0.0317. The summed E-state index contributed by atoms with van der Waals surface area (Å²) in [6.45, 7) is -0.0896. The van der Waals surface area contributed by atoms with Crippen LogP contribution in [0.4, 0.5) is 0 Å². The van der Waals surface area contributed by atoms with Crippen molar-refractivity contribution in [3.05, 3.63) is 99.9 Å². The van der Waals surface area contributed by atoms with Crippen molar-refractivity contribution in [1.29, 1.82) is 0 Å². The number of carbonyl (C=O) groups excluding carboxylic acids is 1. The molecule has 0 N–H and O–H groups in total. The van der Waals surface area contributed by atoms with Crippen LogP contribution in [0.3, 0.4) is 0 Å². The zero-order valence-electron chi connectivity index (χ0n) is 17.6. The van der Waals surface area contributed by atoms with Crippen molar-refractivity contribution in [3.8, 4) is 22.0 Å². The summed E-state index contributed by atoms with van der Waals surface area (Å²) in [4.78, 5) is 26.0. The highest BCUT2D eigenvalue weighted by Crippen LogP contribution is 2.29. The van der Waals surface area contributed by atoms with E-state index in [4.69, 9.17) is 13.9 Å². The molecule has 3 heterocycles. The van der Waals surface area contributed by atoms with Gasteiger partial charge in [-0.25, -0.2) is 14.3 Å². The van der Waals surface area contributed by atoms with E-state index in [-0.39, 0.29) is 6.61 Å². The topological polar surface area (TPSA) is 83.6 Å². The molecule has 0 aliphatic carbocycles. The van der Waals surface area contributed by atoms with Gasteiger partial charge in [0.25, 0.3) is 0 Å². The Hall–Kier alpha value is -4.17. The maximum atomic E-state index is 13.1. The molecule has 8 heteroatoms. The number of fused-ring (bicyclic) bond motifs is 1. The second-order valence-corrected chi connectivity index (χ2v) is 8.13. The number of methoxy groups -OCH3 is 1. The molecule has 7 nitrogen and oxygen atoms in total. The van der Waals surface area contributed by atoms with Gasteiger partial charge in [-0.15, -0.1) is 11.3 Å². The van der Waals surface area contributed by atoms with Crippen molar-refractivity contribution in [2.24, 2.45) is 0 Å². The molecule has 0 saturated heterocycles. The maximum absolute atomic E-state index is 13.1. The molecule has 0 amide bonds. The average molecular weight is 458 g/mol. The summed E-state index contributed by atoms with van der Waals surface area (Å²) < 4.78 is 17.7. The second kappa shape index (κ2) is 8.76. The standard InChI is InChI=1S/C25H18N2O5S/c1-30-18-9-10-19-16(12-23(28)32-21(19)13-18)15-31-25(29)20-14-27(17-6-3-2-4-7-17)26-24(20)22-8-5-11-33-22/h2-14H,15H2,1H3. The van der Waals surface area contributed by atoms with Crippen LogP contribution >= 0.6 is 11.3 Å². The van der Waals surface area contributed by atoms with E-state index < -0.39 is 11.6 Å². The summed E-state index contributed by atoms with van der Waals surface area (Å²) >= 11 is 1.49. The normalized spacial score (nSPS) is 10.9. The Kier molecular flexibility index (Phi) is 5.50. The molecule has 33 heavy (non-hydrogen) atoms. The highest BCUT2D eigenvalue weighted by Gasteiger charge is 2.21. The molecule has 0 bridgehead atoms. The van der Waals surface area contributed by atoms with Crippen LogP contribution in [-0.2, 0) is 11.3 Å². The predicted octanol–water partition coefficient (Wildman–Crippen LogP) is 5.07. The molecule has 0 aliphatic rings. The molecule has 0 unspecified atom stereocenters. The molecule has 0 atom stereocenters. The number of esters is 1. The fraction of sp³-hybridized carbons (Fsp3) is 0.0800. The van der Waals surface area contributed by atoms with Gasteiger partial charge in [0.05, 0.1) is 17.7 Å². The second-order valence-electron chi connectivity index (χ2n) is 7.18. The number of benzene rings is 2. The predicted molar refractivity (Wildman–Crippen MR) is 125 cm³/mol. The van der Waals surface area contributed by atoms with E-state index in [0.717, 1.165) is 10.6 Å². The lowest BCUT2D eigenvalue weighted by Crippen LogP contribution is -2.08. The van der Waals surface area contributed by atoms with Gasteiger partial charge in [0.1, 0.15) is 29.2 Å². The van der Waals surface area contributed by atoms with Gasteiger partial charge >= 0.3 is 11.6 Å². The minimum atomic E-state index is -0.532. The summed E-state index contributed by atoms with van der Waals surface area (Å²) in [5.41, 5.74) is 2.10. The van der Waals surface area contributed by atoms with Crippen molar-refractivity contribution in [2.45, 2.75) is 6.61 Å². The van der Waals surface area contributed by atoms with Gasteiger partial charge in [-0.1, -0.05) is 24.3 Å². The zero-order chi connectivity index (χ0) is 22.8. The lowest BCUT2D eigenvalue weighted by Gasteiger charge is -2.08. The third-order valence-electron chi connectivity index (χ3n) is 5.11. The van der Waals surface area contributed by atoms with Crippen LogP contribution in [0.15, 0.2) is 87.5 Å². The van der Waals surface area contributed by atoms with Crippen molar-refractivity contribution in [2.75, 3.05) is 7.11 Å². The Balaban J connectivity index is 1.47. The molecule has 0 fully saturated rings. The van der Waals surface area contributed by atoms with E-state index in [1.807, 2.05) is 47.8 Å². The Morgan fingerprint density at radius 2 is 1.94 bits per heavy atom. The average Bonchev–Trinajstić information content (AvgIpc) is 3.52. The smallest absolute Gasteiger partial charge is 0.342 e. The first-order chi connectivity index (χ1) is 16.1. The molecule has 5 rings (SSSR count). The lowest BCUT2D eigenvalue weighted by atomic mass is 10.1. The Bertz CT molecular complexity index is 1490. The van der Waals surface area contributed by atoms with Gasteiger partial charge in [0, 0.05) is 29.3 Å². The fourth-order valence-corrected chi connectivity index (χ4v) is 4.23. The van der Waals surface area contributed by atoms with Gasteiger partial charge in [0.15, 0.2) is 0 Å². The van der Waals surface area contributed by atoms with Gasteiger partial charge < -0.3 is 13.9 Å². The third kappa shape index (κ3) is 4.16. The van der Waals surface area contributed by atoms with Gasteiger partial charge in [-0.3, -0.25) is 0 Å². The number of thiophene rings is 1.